The van der Waals surface area contributed by atoms with Gasteiger partial charge in [-0.05, 0) is 52.5 Å². The van der Waals surface area contributed by atoms with Gasteiger partial charge in [0, 0.05) is 12.3 Å². The van der Waals surface area contributed by atoms with E-state index in [9.17, 15) is 9.59 Å². The fourth-order valence-corrected chi connectivity index (χ4v) is 2.71. The Morgan fingerprint density at radius 1 is 1.26 bits per heavy atom. The van der Waals surface area contributed by atoms with E-state index in [2.05, 4.69) is 4.98 Å². The second kappa shape index (κ2) is 7.64. The van der Waals surface area contributed by atoms with Gasteiger partial charge >= 0.3 is 11.9 Å². The molecule has 0 aromatic carbocycles. The Hall–Kier alpha value is -1.82. The van der Waals surface area contributed by atoms with Gasteiger partial charge in [0.1, 0.15) is 12.3 Å². The van der Waals surface area contributed by atoms with Gasteiger partial charge in [0.05, 0.1) is 17.8 Å². The Morgan fingerprint density at radius 3 is 2.61 bits per heavy atom. The zero-order valence-electron chi connectivity index (χ0n) is 14.2. The molecule has 1 saturated heterocycles. The topological polar surface area (TPSA) is 77.6 Å². The first-order chi connectivity index (χ1) is 10.9. The van der Waals surface area contributed by atoms with Crippen molar-refractivity contribution in [3.63, 3.8) is 0 Å². The number of aromatic nitrogens is 1. The quantitative estimate of drug-likeness (QED) is 0.843. The molecule has 1 aromatic rings. The van der Waals surface area contributed by atoms with E-state index in [1.54, 1.807) is 27.7 Å². The lowest BCUT2D eigenvalue weighted by atomic mass is 10.1. The number of rotatable bonds is 5. The van der Waals surface area contributed by atoms with E-state index in [1.807, 2.05) is 0 Å². The molecule has 1 aliphatic heterocycles. The monoisotopic (exact) mass is 323 g/mol. The normalized spacial score (nSPS) is 18.0. The van der Waals surface area contributed by atoms with Crippen LogP contribution in [0, 0.1) is 13.8 Å². The second-order valence-electron chi connectivity index (χ2n) is 6.17. The predicted molar refractivity (Wildman–Crippen MR) is 84.7 cm³/mol. The van der Waals surface area contributed by atoms with Crippen LogP contribution in [0.3, 0.4) is 0 Å². The van der Waals surface area contributed by atoms with Crippen molar-refractivity contribution in [1.29, 1.82) is 0 Å². The number of ether oxygens (including phenoxy) is 3. The van der Waals surface area contributed by atoms with Crippen molar-refractivity contribution < 1.29 is 23.8 Å². The van der Waals surface area contributed by atoms with Crippen molar-refractivity contribution in [3.05, 3.63) is 22.5 Å². The average molecular weight is 323 g/mol. The second-order valence-corrected chi connectivity index (χ2v) is 6.17. The van der Waals surface area contributed by atoms with E-state index in [1.165, 1.54) is 0 Å². The molecule has 0 bridgehead atoms. The summed E-state index contributed by atoms with van der Waals surface area (Å²) in [6, 6.07) is 0. The summed E-state index contributed by atoms with van der Waals surface area (Å²) in [4.78, 5) is 27.3. The van der Waals surface area contributed by atoms with Gasteiger partial charge in [-0.2, -0.15) is 0 Å². The van der Waals surface area contributed by atoms with Gasteiger partial charge in [-0.25, -0.2) is 9.59 Å². The van der Waals surface area contributed by atoms with Crippen molar-refractivity contribution in [2.24, 2.45) is 0 Å². The first kappa shape index (κ1) is 17.5. The molecular weight excluding hydrogens is 298 g/mol. The fraction of sp³-hybridized carbons (Fsp3) is 0.647. The van der Waals surface area contributed by atoms with Crippen LogP contribution in [0.15, 0.2) is 0 Å². The molecule has 2 heterocycles. The van der Waals surface area contributed by atoms with E-state index in [-0.39, 0.29) is 18.8 Å². The maximum atomic E-state index is 12.3. The van der Waals surface area contributed by atoms with Crippen LogP contribution in [0.5, 0.6) is 0 Å². The molecule has 0 saturated carbocycles. The minimum absolute atomic E-state index is 0.0329. The van der Waals surface area contributed by atoms with Crippen molar-refractivity contribution >= 4 is 11.9 Å². The number of carbonyl (C=O) groups excluding carboxylic acids is 2. The summed E-state index contributed by atoms with van der Waals surface area (Å²) >= 11 is 0. The van der Waals surface area contributed by atoms with Crippen LogP contribution < -0.4 is 0 Å². The average Bonchev–Trinajstić information content (AvgIpc) is 2.80. The third kappa shape index (κ3) is 4.34. The van der Waals surface area contributed by atoms with Gasteiger partial charge < -0.3 is 19.2 Å². The van der Waals surface area contributed by atoms with Crippen molar-refractivity contribution in [2.45, 2.75) is 59.2 Å². The molecule has 0 radical (unpaired) electrons. The van der Waals surface area contributed by atoms with Gasteiger partial charge in [-0.15, -0.1) is 0 Å². The summed E-state index contributed by atoms with van der Waals surface area (Å²) in [5.41, 5.74) is 1.87. The molecular formula is C17H25NO5. The van der Waals surface area contributed by atoms with Gasteiger partial charge in [0.15, 0.2) is 0 Å². The lowest BCUT2D eigenvalue weighted by Crippen LogP contribution is -2.26. The fourth-order valence-electron chi connectivity index (χ4n) is 2.71. The zero-order valence-corrected chi connectivity index (χ0v) is 14.2. The molecule has 0 spiro atoms. The largest absolute Gasteiger partial charge is 0.459 e. The molecule has 1 N–H and O–H groups in total. The zero-order chi connectivity index (χ0) is 17.0. The number of esters is 2. The van der Waals surface area contributed by atoms with Crippen molar-refractivity contribution in [2.75, 3.05) is 13.2 Å². The van der Waals surface area contributed by atoms with Crippen LogP contribution >= 0.6 is 0 Å². The summed E-state index contributed by atoms with van der Waals surface area (Å²) in [5, 5.41) is 0. The van der Waals surface area contributed by atoms with E-state index in [4.69, 9.17) is 14.2 Å². The first-order valence-electron chi connectivity index (χ1n) is 8.09. The van der Waals surface area contributed by atoms with Gasteiger partial charge in [0.25, 0.3) is 0 Å². The van der Waals surface area contributed by atoms with Gasteiger partial charge in [-0.3, -0.25) is 0 Å². The van der Waals surface area contributed by atoms with Crippen LogP contribution in [-0.4, -0.2) is 42.3 Å². The van der Waals surface area contributed by atoms with E-state index in [0.717, 1.165) is 19.3 Å². The molecule has 1 atom stereocenters. The summed E-state index contributed by atoms with van der Waals surface area (Å²) in [6.45, 7) is 7.98. The van der Waals surface area contributed by atoms with Gasteiger partial charge in [0.2, 0.25) is 0 Å². The number of carbonyl (C=O) groups is 2. The Kier molecular flexibility index (Phi) is 5.82. The maximum Gasteiger partial charge on any atom is 0.355 e. The van der Waals surface area contributed by atoms with Gasteiger partial charge in [-0.1, -0.05) is 0 Å². The molecule has 23 heavy (non-hydrogen) atoms. The summed E-state index contributed by atoms with van der Waals surface area (Å²) in [7, 11) is 0. The molecule has 1 unspecified atom stereocenters. The van der Waals surface area contributed by atoms with Crippen molar-refractivity contribution in [1.82, 2.24) is 4.98 Å². The first-order valence-corrected chi connectivity index (χ1v) is 8.09. The van der Waals surface area contributed by atoms with Crippen LogP contribution in [-0.2, 0) is 14.2 Å². The van der Waals surface area contributed by atoms with Crippen LogP contribution in [0.25, 0.3) is 0 Å². The number of aromatic amines is 1. The minimum Gasteiger partial charge on any atom is -0.459 e. The molecule has 2 rings (SSSR count). The highest BCUT2D eigenvalue weighted by molar-refractivity contribution is 5.98. The maximum absolute atomic E-state index is 12.3. The Bertz CT molecular complexity index is 570. The molecule has 128 valence electrons. The molecule has 0 aliphatic carbocycles. The van der Waals surface area contributed by atoms with Crippen LogP contribution in [0.2, 0.25) is 0 Å². The lowest BCUT2D eigenvalue weighted by Gasteiger charge is -2.21. The lowest BCUT2D eigenvalue weighted by molar-refractivity contribution is -0.0302. The van der Waals surface area contributed by atoms with Crippen LogP contribution in [0.1, 0.15) is 65.2 Å². The Morgan fingerprint density at radius 2 is 2.00 bits per heavy atom. The van der Waals surface area contributed by atoms with E-state index < -0.39 is 11.9 Å². The third-order valence-electron chi connectivity index (χ3n) is 3.86. The summed E-state index contributed by atoms with van der Waals surface area (Å²) in [5.74, 6) is -0.899. The summed E-state index contributed by atoms with van der Waals surface area (Å²) in [6.07, 6.45) is 2.81. The number of aryl methyl sites for hydroxylation is 1. The highest BCUT2D eigenvalue weighted by Gasteiger charge is 2.25. The number of nitrogens with one attached hydrogen (secondary N) is 1. The highest BCUT2D eigenvalue weighted by Crippen LogP contribution is 2.21. The Labute approximate surface area is 136 Å². The molecule has 1 fully saturated rings. The number of hydrogen-bond acceptors (Lipinski definition) is 5. The Balaban J connectivity index is 2.04. The molecule has 6 heteroatoms. The smallest absolute Gasteiger partial charge is 0.355 e. The molecule has 1 aliphatic rings. The standard InChI is InChI=1S/C17H25NO5/c1-10(2)23-16(19)14-11(3)15(18-12(14)4)17(20)22-9-13-7-5-6-8-21-13/h10,13,18H,5-9H2,1-4H3. The third-order valence-corrected chi connectivity index (χ3v) is 3.86. The van der Waals surface area contributed by atoms with E-state index in [0.29, 0.717) is 29.1 Å². The minimum atomic E-state index is -0.469. The van der Waals surface area contributed by atoms with Crippen LogP contribution in [0.4, 0.5) is 0 Å². The number of hydrogen-bond donors (Lipinski definition) is 1. The van der Waals surface area contributed by atoms with Crippen molar-refractivity contribution in [3.8, 4) is 0 Å². The molecule has 1 aromatic heterocycles. The molecule has 6 nitrogen and oxygen atoms in total. The highest BCUT2D eigenvalue weighted by atomic mass is 16.6. The molecule has 0 amide bonds. The van der Waals surface area contributed by atoms with E-state index >= 15 is 0 Å². The SMILES string of the molecule is Cc1[nH]c(C(=O)OCC2CCCCO2)c(C)c1C(=O)OC(C)C. The number of H-pyrrole nitrogens is 1. The predicted octanol–water partition coefficient (Wildman–Crippen LogP) is 2.92. The summed E-state index contributed by atoms with van der Waals surface area (Å²) < 4.78 is 16.1.